The Morgan fingerprint density at radius 2 is 1.79 bits per heavy atom. The number of anilines is 1. The van der Waals surface area contributed by atoms with Crippen molar-refractivity contribution in [3.63, 3.8) is 0 Å². The number of aliphatic hydroxyl groups excluding tert-OH is 1. The van der Waals surface area contributed by atoms with Gasteiger partial charge in [-0.3, -0.25) is 14.5 Å². The number of para-hydroxylation sites is 1. The van der Waals surface area contributed by atoms with Gasteiger partial charge in [-0.05, 0) is 29.8 Å². The van der Waals surface area contributed by atoms with Gasteiger partial charge < -0.3 is 19.0 Å². The Bertz CT molecular complexity index is 1190. The van der Waals surface area contributed by atoms with Crippen molar-refractivity contribution >= 4 is 17.4 Å². The smallest absolute Gasteiger partial charge is 0.294 e. The highest BCUT2D eigenvalue weighted by Gasteiger charge is 2.45. The first-order valence-corrected chi connectivity index (χ1v) is 11.1. The third-order valence-corrected chi connectivity index (χ3v) is 5.76. The van der Waals surface area contributed by atoms with Crippen molar-refractivity contribution in [3.8, 4) is 16.9 Å². The number of hydrogen-bond acceptors (Lipinski definition) is 6. The maximum atomic E-state index is 13.3. The number of Topliss-reactive ketones (excluding diaryl/α,β-unsaturated/α-hetero) is 1. The van der Waals surface area contributed by atoms with Gasteiger partial charge in [-0.2, -0.15) is 0 Å². The monoisotopic (exact) mass is 461 g/mol. The SMILES string of the molecule is COCCOc1ccccc1[C@@H]1C(C(=O)C(C)C)=C(O)C(=O)N1c1ccc(-c2ccoc2)cc1. The first-order valence-electron chi connectivity index (χ1n) is 11.1. The van der Waals surface area contributed by atoms with Crippen LogP contribution in [0.15, 0.2) is 82.9 Å². The minimum atomic E-state index is -0.832. The second-order valence-corrected chi connectivity index (χ2v) is 8.30. The topological polar surface area (TPSA) is 89.2 Å². The van der Waals surface area contributed by atoms with Gasteiger partial charge in [-0.25, -0.2) is 0 Å². The quantitative estimate of drug-likeness (QED) is 0.446. The molecule has 0 aliphatic carbocycles. The van der Waals surface area contributed by atoms with E-state index in [4.69, 9.17) is 13.9 Å². The third kappa shape index (κ3) is 4.34. The summed E-state index contributed by atoms with van der Waals surface area (Å²) in [5, 5.41) is 10.8. The van der Waals surface area contributed by atoms with Gasteiger partial charge in [0.2, 0.25) is 0 Å². The normalized spacial score (nSPS) is 15.9. The number of methoxy groups -OCH3 is 1. The second-order valence-electron chi connectivity index (χ2n) is 8.30. The lowest BCUT2D eigenvalue weighted by molar-refractivity contribution is -0.119. The predicted octanol–water partition coefficient (Wildman–Crippen LogP) is 5.10. The first kappa shape index (κ1) is 23.3. The average molecular weight is 462 g/mol. The highest BCUT2D eigenvalue weighted by atomic mass is 16.5. The minimum absolute atomic E-state index is 0.0710. The molecule has 0 saturated carbocycles. The molecule has 0 bridgehead atoms. The Morgan fingerprint density at radius 3 is 2.44 bits per heavy atom. The maximum absolute atomic E-state index is 13.3. The number of nitrogens with zero attached hydrogens (tertiary/aromatic N) is 1. The molecule has 2 heterocycles. The van der Waals surface area contributed by atoms with Crippen LogP contribution in [0.25, 0.3) is 11.1 Å². The van der Waals surface area contributed by atoms with Crippen LogP contribution in [-0.4, -0.2) is 37.1 Å². The molecule has 1 N–H and O–H groups in total. The number of amides is 1. The molecular formula is C27H27NO6. The molecule has 0 saturated heterocycles. The van der Waals surface area contributed by atoms with E-state index in [2.05, 4.69) is 0 Å². The molecule has 1 amide bonds. The largest absolute Gasteiger partial charge is 0.503 e. The number of rotatable bonds is 9. The van der Waals surface area contributed by atoms with Gasteiger partial charge in [-0.1, -0.05) is 44.2 Å². The van der Waals surface area contributed by atoms with E-state index in [1.165, 1.54) is 4.90 Å². The summed E-state index contributed by atoms with van der Waals surface area (Å²) < 4.78 is 16.2. The predicted molar refractivity (Wildman–Crippen MR) is 128 cm³/mol. The highest BCUT2D eigenvalue weighted by molar-refractivity contribution is 6.17. The van der Waals surface area contributed by atoms with Crippen LogP contribution < -0.4 is 9.64 Å². The summed E-state index contributed by atoms with van der Waals surface area (Å²) in [6, 6.07) is 15.5. The fraction of sp³-hybridized carbons (Fsp3) is 0.259. The average Bonchev–Trinajstić information content (AvgIpc) is 3.47. The Kier molecular flexibility index (Phi) is 6.84. The number of benzene rings is 2. The standard InChI is InChI=1S/C27H27NO6/c1-17(2)25(29)23-24(21-6-4-5-7-22(21)34-15-14-32-3)28(27(31)26(23)30)20-10-8-18(9-11-20)19-12-13-33-16-19/h4-13,16-17,24,30H,14-15H2,1-3H3/t24-/m1/s1. The van der Waals surface area contributed by atoms with E-state index in [0.717, 1.165) is 11.1 Å². The lowest BCUT2D eigenvalue weighted by Crippen LogP contribution is -2.31. The molecule has 1 aliphatic rings. The zero-order chi connectivity index (χ0) is 24.2. The zero-order valence-corrected chi connectivity index (χ0v) is 19.4. The van der Waals surface area contributed by atoms with E-state index in [-0.39, 0.29) is 11.4 Å². The number of aliphatic hydroxyl groups is 1. The number of furan rings is 1. The van der Waals surface area contributed by atoms with Gasteiger partial charge in [0.1, 0.15) is 12.4 Å². The second kappa shape index (κ2) is 9.97. The Hall–Kier alpha value is -3.84. The van der Waals surface area contributed by atoms with Crippen LogP contribution in [0.3, 0.4) is 0 Å². The van der Waals surface area contributed by atoms with Crippen LogP contribution >= 0.6 is 0 Å². The summed E-state index contributed by atoms with van der Waals surface area (Å²) in [4.78, 5) is 27.9. The lowest BCUT2D eigenvalue weighted by atomic mass is 9.90. The minimum Gasteiger partial charge on any atom is -0.503 e. The number of ketones is 1. The van der Waals surface area contributed by atoms with Crippen LogP contribution in [0.2, 0.25) is 0 Å². The fourth-order valence-electron chi connectivity index (χ4n) is 4.04. The lowest BCUT2D eigenvalue weighted by Gasteiger charge is -2.28. The van der Waals surface area contributed by atoms with E-state index in [0.29, 0.717) is 30.2 Å². The number of carbonyl (C=O) groups excluding carboxylic acids is 2. The molecule has 0 radical (unpaired) electrons. The van der Waals surface area contributed by atoms with Gasteiger partial charge in [0, 0.05) is 29.8 Å². The molecule has 176 valence electrons. The molecule has 1 atom stereocenters. The fourth-order valence-corrected chi connectivity index (χ4v) is 4.04. The molecule has 2 aromatic carbocycles. The van der Waals surface area contributed by atoms with Crippen LogP contribution in [0.5, 0.6) is 5.75 Å². The summed E-state index contributed by atoms with van der Waals surface area (Å²) >= 11 is 0. The number of ether oxygens (including phenoxy) is 2. The van der Waals surface area contributed by atoms with Crippen molar-refractivity contribution in [1.82, 2.24) is 0 Å². The van der Waals surface area contributed by atoms with Crippen molar-refractivity contribution in [2.24, 2.45) is 5.92 Å². The molecule has 7 nitrogen and oxygen atoms in total. The Labute approximate surface area is 198 Å². The molecule has 0 spiro atoms. The Morgan fingerprint density at radius 1 is 1.06 bits per heavy atom. The molecular weight excluding hydrogens is 434 g/mol. The summed E-state index contributed by atoms with van der Waals surface area (Å²) in [5.41, 5.74) is 3.05. The molecule has 34 heavy (non-hydrogen) atoms. The number of hydrogen-bond donors (Lipinski definition) is 1. The molecule has 0 unspecified atom stereocenters. The van der Waals surface area contributed by atoms with Crippen LogP contribution in [-0.2, 0) is 14.3 Å². The summed E-state index contributed by atoms with van der Waals surface area (Å²) in [6.07, 6.45) is 3.23. The van der Waals surface area contributed by atoms with Gasteiger partial charge in [-0.15, -0.1) is 0 Å². The number of carbonyl (C=O) groups is 2. The summed E-state index contributed by atoms with van der Waals surface area (Å²) in [5.74, 6) is -1.34. The maximum Gasteiger partial charge on any atom is 0.294 e. The van der Waals surface area contributed by atoms with Crippen molar-refractivity contribution in [1.29, 1.82) is 0 Å². The molecule has 0 fully saturated rings. The van der Waals surface area contributed by atoms with Crippen molar-refractivity contribution in [2.45, 2.75) is 19.9 Å². The zero-order valence-electron chi connectivity index (χ0n) is 19.4. The summed E-state index contributed by atoms with van der Waals surface area (Å²) in [6.45, 7) is 4.17. The molecule has 4 rings (SSSR count). The first-order chi connectivity index (χ1) is 16.4. The van der Waals surface area contributed by atoms with E-state index in [1.54, 1.807) is 57.7 Å². The van der Waals surface area contributed by atoms with Crippen LogP contribution in [0.1, 0.15) is 25.5 Å². The molecule has 7 heteroatoms. The van der Waals surface area contributed by atoms with Crippen LogP contribution in [0, 0.1) is 5.92 Å². The van der Waals surface area contributed by atoms with Crippen molar-refractivity contribution in [2.75, 3.05) is 25.2 Å². The highest BCUT2D eigenvalue weighted by Crippen LogP contribution is 2.44. The van der Waals surface area contributed by atoms with Crippen molar-refractivity contribution in [3.05, 3.63) is 84.0 Å². The van der Waals surface area contributed by atoms with E-state index in [1.807, 2.05) is 30.3 Å². The third-order valence-electron chi connectivity index (χ3n) is 5.76. The van der Waals surface area contributed by atoms with E-state index >= 15 is 0 Å². The van der Waals surface area contributed by atoms with Crippen LogP contribution in [0.4, 0.5) is 5.69 Å². The van der Waals surface area contributed by atoms with E-state index in [9.17, 15) is 14.7 Å². The van der Waals surface area contributed by atoms with Crippen molar-refractivity contribution < 1.29 is 28.6 Å². The van der Waals surface area contributed by atoms with Gasteiger partial charge in [0.25, 0.3) is 5.91 Å². The van der Waals surface area contributed by atoms with Gasteiger partial charge in [0.15, 0.2) is 11.5 Å². The van der Waals surface area contributed by atoms with E-state index < -0.39 is 23.6 Å². The van der Waals surface area contributed by atoms with Gasteiger partial charge >= 0.3 is 0 Å². The molecule has 1 aromatic heterocycles. The Balaban J connectivity index is 1.80. The summed E-state index contributed by atoms with van der Waals surface area (Å²) in [7, 11) is 1.58. The molecule has 1 aliphatic heterocycles. The molecule has 3 aromatic rings. The van der Waals surface area contributed by atoms with Gasteiger partial charge in [0.05, 0.1) is 30.7 Å².